The molecular formula is C13H11F3N2O2. The van der Waals surface area contributed by atoms with Crippen molar-refractivity contribution in [1.29, 1.82) is 0 Å². The second-order valence-electron chi connectivity index (χ2n) is 4.05. The lowest BCUT2D eigenvalue weighted by Gasteiger charge is -2.09. The van der Waals surface area contributed by atoms with Crippen LogP contribution in [-0.2, 0) is 12.7 Å². The number of rotatable bonds is 3. The van der Waals surface area contributed by atoms with Gasteiger partial charge < -0.3 is 4.74 Å². The van der Waals surface area contributed by atoms with Crippen LogP contribution in [0, 0.1) is 0 Å². The summed E-state index contributed by atoms with van der Waals surface area (Å²) in [4.78, 5) is 11.7. The highest BCUT2D eigenvalue weighted by atomic mass is 19.4. The summed E-state index contributed by atoms with van der Waals surface area (Å²) < 4.78 is 43.6. The molecule has 20 heavy (non-hydrogen) atoms. The number of aromatic nitrogens is 2. The molecule has 0 spiro atoms. The van der Waals surface area contributed by atoms with Crippen LogP contribution in [0.1, 0.15) is 11.1 Å². The molecule has 0 N–H and O–H groups in total. The zero-order valence-corrected chi connectivity index (χ0v) is 10.5. The maximum atomic E-state index is 12.6. The van der Waals surface area contributed by atoms with E-state index in [2.05, 4.69) is 5.10 Å². The Morgan fingerprint density at radius 1 is 1.20 bits per heavy atom. The molecular weight excluding hydrogens is 273 g/mol. The van der Waals surface area contributed by atoms with Crippen LogP contribution in [0.4, 0.5) is 13.2 Å². The van der Waals surface area contributed by atoms with Crippen LogP contribution in [0.5, 0.6) is 5.75 Å². The third kappa shape index (κ3) is 2.98. The van der Waals surface area contributed by atoms with Crippen molar-refractivity contribution in [2.24, 2.45) is 0 Å². The SMILES string of the molecule is COc1ccc(Cn2nccc(C(F)(F)F)c2=O)cc1. The molecule has 2 aromatic rings. The first-order valence-corrected chi connectivity index (χ1v) is 5.68. The minimum atomic E-state index is -4.68. The van der Waals surface area contributed by atoms with Gasteiger partial charge in [0, 0.05) is 6.20 Å². The van der Waals surface area contributed by atoms with E-state index in [1.54, 1.807) is 24.3 Å². The van der Waals surface area contributed by atoms with Gasteiger partial charge in [-0.2, -0.15) is 18.3 Å². The fourth-order valence-electron chi connectivity index (χ4n) is 1.68. The molecule has 0 aliphatic carbocycles. The van der Waals surface area contributed by atoms with Gasteiger partial charge in [-0.1, -0.05) is 12.1 Å². The predicted octanol–water partition coefficient (Wildman–Crippen LogP) is 2.32. The van der Waals surface area contributed by atoms with Crippen molar-refractivity contribution in [3.05, 3.63) is 58.0 Å². The summed E-state index contributed by atoms with van der Waals surface area (Å²) in [7, 11) is 1.51. The Morgan fingerprint density at radius 2 is 1.85 bits per heavy atom. The summed E-state index contributed by atoms with van der Waals surface area (Å²) in [6.07, 6.45) is -3.71. The van der Waals surface area contributed by atoms with Gasteiger partial charge in [0.1, 0.15) is 11.3 Å². The average Bonchev–Trinajstić information content (AvgIpc) is 2.40. The standard InChI is InChI=1S/C13H11F3N2O2/c1-20-10-4-2-9(3-5-10)8-18-12(19)11(6-7-17-18)13(14,15)16/h2-7H,8H2,1H3. The van der Waals surface area contributed by atoms with Crippen LogP contribution >= 0.6 is 0 Å². The van der Waals surface area contributed by atoms with Crippen molar-refractivity contribution in [1.82, 2.24) is 9.78 Å². The van der Waals surface area contributed by atoms with E-state index in [1.165, 1.54) is 7.11 Å². The first-order chi connectivity index (χ1) is 9.41. The Kier molecular flexibility index (Phi) is 3.78. The molecule has 0 aliphatic rings. The summed E-state index contributed by atoms with van der Waals surface area (Å²) in [5.74, 6) is 0.623. The number of benzene rings is 1. The highest BCUT2D eigenvalue weighted by Gasteiger charge is 2.34. The lowest BCUT2D eigenvalue weighted by molar-refractivity contribution is -0.139. The topological polar surface area (TPSA) is 44.1 Å². The van der Waals surface area contributed by atoms with Crippen molar-refractivity contribution in [2.75, 3.05) is 7.11 Å². The van der Waals surface area contributed by atoms with E-state index in [9.17, 15) is 18.0 Å². The van der Waals surface area contributed by atoms with E-state index in [1.807, 2.05) is 0 Å². The quantitative estimate of drug-likeness (QED) is 0.868. The largest absolute Gasteiger partial charge is 0.497 e. The molecule has 0 aliphatic heterocycles. The number of hydrogen-bond donors (Lipinski definition) is 0. The van der Waals surface area contributed by atoms with Crippen molar-refractivity contribution in [3.63, 3.8) is 0 Å². The van der Waals surface area contributed by atoms with Gasteiger partial charge in [0.25, 0.3) is 5.56 Å². The smallest absolute Gasteiger partial charge is 0.421 e. The molecule has 106 valence electrons. The minimum Gasteiger partial charge on any atom is -0.497 e. The molecule has 0 bridgehead atoms. The monoisotopic (exact) mass is 284 g/mol. The van der Waals surface area contributed by atoms with Gasteiger partial charge in [-0.05, 0) is 23.8 Å². The van der Waals surface area contributed by atoms with Gasteiger partial charge in [0.2, 0.25) is 0 Å². The van der Waals surface area contributed by atoms with Crippen molar-refractivity contribution in [2.45, 2.75) is 12.7 Å². The van der Waals surface area contributed by atoms with Crippen LogP contribution in [-0.4, -0.2) is 16.9 Å². The molecule has 4 nitrogen and oxygen atoms in total. The summed E-state index contributed by atoms with van der Waals surface area (Å²) in [5.41, 5.74) is -1.73. The third-order valence-electron chi connectivity index (χ3n) is 2.71. The van der Waals surface area contributed by atoms with Gasteiger partial charge in [-0.3, -0.25) is 4.79 Å². The van der Waals surface area contributed by atoms with Crippen LogP contribution < -0.4 is 10.3 Å². The Balaban J connectivity index is 2.32. The van der Waals surface area contributed by atoms with E-state index in [4.69, 9.17) is 4.74 Å². The number of alkyl halides is 3. The predicted molar refractivity (Wildman–Crippen MR) is 65.6 cm³/mol. The van der Waals surface area contributed by atoms with E-state index < -0.39 is 17.3 Å². The molecule has 0 radical (unpaired) electrons. The zero-order valence-electron chi connectivity index (χ0n) is 10.5. The molecule has 7 heteroatoms. The lowest BCUT2D eigenvalue weighted by Crippen LogP contribution is -2.30. The number of ether oxygens (including phenoxy) is 1. The van der Waals surface area contributed by atoms with E-state index in [0.717, 1.165) is 10.9 Å². The maximum Gasteiger partial charge on any atom is 0.421 e. The van der Waals surface area contributed by atoms with Crippen LogP contribution in [0.25, 0.3) is 0 Å². The van der Waals surface area contributed by atoms with Crippen molar-refractivity contribution < 1.29 is 17.9 Å². The van der Waals surface area contributed by atoms with Crippen molar-refractivity contribution in [3.8, 4) is 5.75 Å². The molecule has 0 saturated heterocycles. The van der Waals surface area contributed by atoms with Crippen LogP contribution in [0.2, 0.25) is 0 Å². The molecule has 0 saturated carbocycles. The van der Waals surface area contributed by atoms with E-state index in [-0.39, 0.29) is 6.54 Å². The van der Waals surface area contributed by atoms with Gasteiger partial charge in [0.15, 0.2) is 0 Å². The number of nitrogens with zero attached hydrogens (tertiary/aromatic N) is 2. The molecule has 0 amide bonds. The zero-order chi connectivity index (χ0) is 14.8. The maximum absolute atomic E-state index is 12.6. The molecule has 1 aromatic carbocycles. The van der Waals surface area contributed by atoms with Crippen molar-refractivity contribution >= 4 is 0 Å². The summed E-state index contributed by atoms with van der Waals surface area (Å²) in [6, 6.07) is 7.31. The van der Waals surface area contributed by atoms with Crippen LogP contribution in [0.3, 0.4) is 0 Å². The second-order valence-corrected chi connectivity index (χ2v) is 4.05. The highest BCUT2D eigenvalue weighted by Crippen LogP contribution is 2.25. The fourth-order valence-corrected chi connectivity index (χ4v) is 1.68. The number of halogens is 3. The number of methoxy groups -OCH3 is 1. The molecule has 0 fully saturated rings. The lowest BCUT2D eigenvalue weighted by atomic mass is 10.2. The molecule has 0 unspecified atom stereocenters. The second kappa shape index (κ2) is 5.36. The molecule has 2 rings (SSSR count). The first kappa shape index (κ1) is 14.1. The van der Waals surface area contributed by atoms with Gasteiger partial charge >= 0.3 is 6.18 Å². The van der Waals surface area contributed by atoms with Crippen LogP contribution in [0.15, 0.2) is 41.3 Å². The Morgan fingerprint density at radius 3 is 2.40 bits per heavy atom. The Labute approximate surface area is 112 Å². The minimum absolute atomic E-state index is 0.0350. The normalized spacial score (nSPS) is 11.4. The summed E-state index contributed by atoms with van der Waals surface area (Å²) >= 11 is 0. The van der Waals surface area contributed by atoms with E-state index in [0.29, 0.717) is 17.4 Å². The molecule has 1 aromatic heterocycles. The highest BCUT2D eigenvalue weighted by molar-refractivity contribution is 5.27. The van der Waals surface area contributed by atoms with Gasteiger partial charge in [-0.25, -0.2) is 4.68 Å². The Hall–Kier alpha value is -2.31. The third-order valence-corrected chi connectivity index (χ3v) is 2.71. The molecule has 1 heterocycles. The number of hydrogen-bond acceptors (Lipinski definition) is 3. The fraction of sp³-hybridized carbons (Fsp3) is 0.231. The molecule has 0 atom stereocenters. The average molecular weight is 284 g/mol. The van der Waals surface area contributed by atoms with Gasteiger partial charge in [0.05, 0.1) is 13.7 Å². The first-order valence-electron chi connectivity index (χ1n) is 5.68. The summed E-state index contributed by atoms with van der Waals surface area (Å²) in [5, 5.41) is 3.66. The summed E-state index contributed by atoms with van der Waals surface area (Å²) in [6.45, 7) is -0.0350. The Bertz CT molecular complexity index is 648. The van der Waals surface area contributed by atoms with Gasteiger partial charge in [-0.15, -0.1) is 0 Å². The van der Waals surface area contributed by atoms with E-state index >= 15 is 0 Å².